The van der Waals surface area contributed by atoms with Crippen molar-refractivity contribution < 1.29 is 14.6 Å². The predicted octanol–water partition coefficient (Wildman–Crippen LogP) is 2.05. The number of carbonyl (C=O) groups is 1. The molecule has 3 heteroatoms. The van der Waals surface area contributed by atoms with E-state index in [1.807, 2.05) is 6.92 Å². The predicted molar refractivity (Wildman–Crippen MR) is 63.2 cm³/mol. The quantitative estimate of drug-likeness (QED) is 0.589. The van der Waals surface area contributed by atoms with Crippen LogP contribution in [0.3, 0.4) is 0 Å². The molecule has 1 N–H and O–H groups in total. The van der Waals surface area contributed by atoms with E-state index in [4.69, 9.17) is 4.74 Å². The lowest BCUT2D eigenvalue weighted by Gasteiger charge is -2.62. The molecule has 0 amide bonds. The fraction of sp³-hybridized carbons (Fsp3) is 0.786. The molecule has 0 aromatic carbocycles. The maximum atomic E-state index is 11.5. The van der Waals surface area contributed by atoms with E-state index < -0.39 is 11.2 Å². The molecule has 0 heterocycles. The molecule has 17 heavy (non-hydrogen) atoms. The molecular weight excluding hydrogens is 216 g/mol. The molecule has 4 saturated carbocycles. The summed E-state index contributed by atoms with van der Waals surface area (Å²) in [4.78, 5) is 11.5. The highest BCUT2D eigenvalue weighted by Crippen LogP contribution is 2.61. The Morgan fingerprint density at radius 2 is 1.94 bits per heavy atom. The third-order valence-electron chi connectivity index (χ3n) is 5.29. The summed E-state index contributed by atoms with van der Waals surface area (Å²) in [6.45, 7) is 5.50. The minimum absolute atomic E-state index is 0.0479. The second-order valence-corrected chi connectivity index (χ2v) is 6.30. The Labute approximate surface area is 102 Å². The minimum atomic E-state index is -0.606. The van der Waals surface area contributed by atoms with Crippen LogP contribution in [0, 0.1) is 17.8 Å². The van der Waals surface area contributed by atoms with Gasteiger partial charge in [0.15, 0.2) is 0 Å². The maximum absolute atomic E-state index is 11.5. The van der Waals surface area contributed by atoms with E-state index in [-0.39, 0.29) is 11.9 Å². The van der Waals surface area contributed by atoms with E-state index in [2.05, 4.69) is 6.58 Å². The largest absolute Gasteiger partial charge is 0.456 e. The molecule has 0 aromatic heterocycles. The molecule has 4 fully saturated rings. The third kappa shape index (κ3) is 1.48. The van der Waals surface area contributed by atoms with Gasteiger partial charge in [0.25, 0.3) is 0 Å². The van der Waals surface area contributed by atoms with E-state index in [0.29, 0.717) is 11.8 Å². The third-order valence-corrected chi connectivity index (χ3v) is 5.29. The summed E-state index contributed by atoms with van der Waals surface area (Å²) in [5.74, 6) is 0.761. The number of hydrogen-bond acceptors (Lipinski definition) is 3. The van der Waals surface area contributed by atoms with Gasteiger partial charge in [-0.15, -0.1) is 0 Å². The molecule has 3 atom stereocenters. The molecule has 3 nitrogen and oxygen atoms in total. The first kappa shape index (κ1) is 11.3. The van der Waals surface area contributed by atoms with Gasteiger partial charge in [0, 0.05) is 12.0 Å². The number of hydrogen-bond donors (Lipinski definition) is 1. The molecule has 94 valence electrons. The van der Waals surface area contributed by atoms with Crippen LogP contribution in [0.15, 0.2) is 12.7 Å². The first-order valence-electron chi connectivity index (χ1n) is 6.55. The highest BCUT2D eigenvalue weighted by atomic mass is 16.6. The van der Waals surface area contributed by atoms with E-state index >= 15 is 0 Å². The van der Waals surface area contributed by atoms with Gasteiger partial charge in [-0.2, -0.15) is 0 Å². The molecule has 0 aromatic rings. The van der Waals surface area contributed by atoms with Crippen LogP contribution in [-0.2, 0) is 9.53 Å². The summed E-state index contributed by atoms with van der Waals surface area (Å²) in [5, 5.41) is 10.7. The van der Waals surface area contributed by atoms with Crippen LogP contribution in [0.5, 0.6) is 0 Å². The fourth-order valence-corrected chi connectivity index (χ4v) is 4.70. The van der Waals surface area contributed by atoms with E-state index in [9.17, 15) is 9.90 Å². The SMILES string of the molecule is C=CC(=O)OC12CC3CC(CC(O)(C3)C1C)C2. The average Bonchev–Trinajstić information content (AvgIpc) is 2.24. The standard InChI is InChI=1S/C14H20O3/c1-3-12(15)17-14-7-10-4-11(8-14)6-13(16,5-10)9(14)2/h3,9-11,16H,1,4-8H2,2H3. The number of rotatable bonds is 2. The molecule has 0 aliphatic heterocycles. The van der Waals surface area contributed by atoms with E-state index in [0.717, 1.165) is 25.7 Å². The van der Waals surface area contributed by atoms with Crippen LogP contribution in [0.25, 0.3) is 0 Å². The van der Waals surface area contributed by atoms with Crippen molar-refractivity contribution in [2.45, 2.75) is 50.2 Å². The summed E-state index contributed by atoms with van der Waals surface area (Å²) in [6.07, 6.45) is 6.05. The van der Waals surface area contributed by atoms with Crippen molar-refractivity contribution in [2.24, 2.45) is 17.8 Å². The first-order valence-corrected chi connectivity index (χ1v) is 6.55. The highest BCUT2D eigenvalue weighted by molar-refractivity contribution is 5.81. The smallest absolute Gasteiger partial charge is 0.330 e. The second kappa shape index (κ2) is 3.35. The lowest BCUT2D eigenvalue weighted by Crippen LogP contribution is -2.66. The van der Waals surface area contributed by atoms with Crippen molar-refractivity contribution >= 4 is 5.97 Å². The Bertz CT molecular complexity index is 360. The zero-order chi connectivity index (χ0) is 12.3. The fourth-order valence-electron chi connectivity index (χ4n) is 4.70. The Hall–Kier alpha value is -0.830. The monoisotopic (exact) mass is 236 g/mol. The summed E-state index contributed by atoms with van der Waals surface area (Å²) < 4.78 is 5.66. The van der Waals surface area contributed by atoms with Gasteiger partial charge in [-0.25, -0.2) is 4.79 Å². The molecule has 0 spiro atoms. The van der Waals surface area contributed by atoms with Crippen molar-refractivity contribution in [2.75, 3.05) is 0 Å². The van der Waals surface area contributed by atoms with E-state index in [1.165, 1.54) is 12.5 Å². The first-order chi connectivity index (χ1) is 7.97. The van der Waals surface area contributed by atoms with Crippen molar-refractivity contribution in [3.8, 4) is 0 Å². The summed E-state index contributed by atoms with van der Waals surface area (Å²) in [5.41, 5.74) is -1.03. The lowest BCUT2D eigenvalue weighted by atomic mass is 9.48. The van der Waals surface area contributed by atoms with Gasteiger partial charge in [0.1, 0.15) is 5.60 Å². The van der Waals surface area contributed by atoms with Gasteiger partial charge >= 0.3 is 5.97 Å². The van der Waals surface area contributed by atoms with Crippen molar-refractivity contribution in [1.29, 1.82) is 0 Å². The molecule has 0 radical (unpaired) electrons. The lowest BCUT2D eigenvalue weighted by molar-refractivity contribution is -0.249. The molecule has 4 rings (SSSR count). The number of esters is 1. The van der Waals surface area contributed by atoms with Gasteiger partial charge in [-0.1, -0.05) is 13.5 Å². The van der Waals surface area contributed by atoms with Crippen molar-refractivity contribution in [3.05, 3.63) is 12.7 Å². The topological polar surface area (TPSA) is 46.5 Å². The summed E-state index contributed by atoms with van der Waals surface area (Å²) in [6, 6.07) is 0. The van der Waals surface area contributed by atoms with Crippen LogP contribution in [0.1, 0.15) is 39.0 Å². The van der Waals surface area contributed by atoms with Gasteiger partial charge in [0.2, 0.25) is 0 Å². The van der Waals surface area contributed by atoms with Crippen LogP contribution in [0.4, 0.5) is 0 Å². The molecule has 3 unspecified atom stereocenters. The molecule has 4 aliphatic rings. The van der Waals surface area contributed by atoms with Crippen LogP contribution in [0.2, 0.25) is 0 Å². The van der Waals surface area contributed by atoms with Crippen molar-refractivity contribution in [3.63, 3.8) is 0 Å². The number of aliphatic hydroxyl groups is 1. The van der Waals surface area contributed by atoms with Gasteiger partial charge in [-0.05, 0) is 43.9 Å². The Balaban J connectivity index is 1.93. The summed E-state index contributed by atoms with van der Waals surface area (Å²) in [7, 11) is 0. The number of ether oxygens (including phenoxy) is 1. The summed E-state index contributed by atoms with van der Waals surface area (Å²) >= 11 is 0. The van der Waals surface area contributed by atoms with Gasteiger partial charge in [-0.3, -0.25) is 0 Å². The van der Waals surface area contributed by atoms with Crippen molar-refractivity contribution in [1.82, 2.24) is 0 Å². The molecular formula is C14H20O3. The Morgan fingerprint density at radius 1 is 1.35 bits per heavy atom. The zero-order valence-corrected chi connectivity index (χ0v) is 10.3. The molecule has 4 aliphatic carbocycles. The minimum Gasteiger partial charge on any atom is -0.456 e. The number of carbonyl (C=O) groups excluding carboxylic acids is 1. The molecule has 0 saturated heterocycles. The zero-order valence-electron chi connectivity index (χ0n) is 10.3. The van der Waals surface area contributed by atoms with Crippen LogP contribution in [-0.4, -0.2) is 22.3 Å². The van der Waals surface area contributed by atoms with E-state index in [1.54, 1.807) is 0 Å². The second-order valence-electron chi connectivity index (χ2n) is 6.30. The van der Waals surface area contributed by atoms with Crippen LogP contribution < -0.4 is 0 Å². The normalized spacial score (nSPS) is 51.3. The maximum Gasteiger partial charge on any atom is 0.330 e. The van der Waals surface area contributed by atoms with Crippen LogP contribution >= 0.6 is 0 Å². The Kier molecular flexibility index (Phi) is 2.22. The Morgan fingerprint density at radius 3 is 2.47 bits per heavy atom. The van der Waals surface area contributed by atoms with Gasteiger partial charge in [0.05, 0.1) is 5.60 Å². The molecule has 4 bridgehead atoms. The van der Waals surface area contributed by atoms with Gasteiger partial charge < -0.3 is 9.84 Å². The highest BCUT2D eigenvalue weighted by Gasteiger charge is 2.63. The average molecular weight is 236 g/mol.